The lowest BCUT2D eigenvalue weighted by atomic mass is 9.99. The fourth-order valence-electron chi connectivity index (χ4n) is 3.22. The lowest BCUT2D eigenvalue weighted by Gasteiger charge is -2.34. The van der Waals surface area contributed by atoms with Gasteiger partial charge in [-0.25, -0.2) is 0 Å². The van der Waals surface area contributed by atoms with Crippen LogP contribution in [0, 0.1) is 10.1 Å². The fourth-order valence-corrected chi connectivity index (χ4v) is 3.51. The Hall–Kier alpha value is -2.64. The number of nitrogens with zero attached hydrogens (tertiary/aromatic N) is 2. The quantitative estimate of drug-likeness (QED) is 0.579. The van der Waals surface area contributed by atoms with Gasteiger partial charge < -0.3 is 10.2 Å². The molecule has 0 bridgehead atoms. The highest BCUT2D eigenvalue weighted by Gasteiger charge is 2.35. The topological polar surface area (TPSA) is 92.6 Å². The van der Waals surface area contributed by atoms with E-state index in [9.17, 15) is 19.7 Å². The number of carbonyl (C=O) groups excluding carboxylic acids is 2. The number of rotatable bonds is 4. The van der Waals surface area contributed by atoms with Crippen molar-refractivity contribution >= 4 is 46.4 Å². The lowest BCUT2D eigenvalue weighted by Crippen LogP contribution is -2.50. The zero-order valence-corrected chi connectivity index (χ0v) is 16.2. The third-order valence-corrected chi connectivity index (χ3v) is 5.32. The van der Waals surface area contributed by atoms with Crippen LogP contribution in [-0.2, 0) is 4.79 Å². The molecule has 1 atom stereocenters. The number of piperidine rings is 1. The van der Waals surface area contributed by atoms with Crippen LogP contribution in [0.15, 0.2) is 42.5 Å². The minimum absolute atomic E-state index is 0.0262. The molecule has 2 amide bonds. The van der Waals surface area contributed by atoms with Gasteiger partial charge in [0.05, 0.1) is 15.0 Å². The predicted molar refractivity (Wildman–Crippen MR) is 107 cm³/mol. The van der Waals surface area contributed by atoms with Crippen molar-refractivity contribution in [3.63, 3.8) is 0 Å². The molecule has 1 fully saturated rings. The number of nitro benzene ring substituents is 1. The van der Waals surface area contributed by atoms with Crippen molar-refractivity contribution in [2.75, 3.05) is 11.9 Å². The van der Waals surface area contributed by atoms with Crippen molar-refractivity contribution < 1.29 is 14.5 Å². The van der Waals surface area contributed by atoms with Crippen molar-refractivity contribution in [2.45, 2.75) is 25.3 Å². The number of carbonyl (C=O) groups is 2. The Kier molecular flexibility index (Phi) is 6.16. The Labute approximate surface area is 171 Å². The van der Waals surface area contributed by atoms with Gasteiger partial charge >= 0.3 is 0 Å². The first kappa shape index (κ1) is 20.1. The minimum Gasteiger partial charge on any atom is -0.326 e. The first-order chi connectivity index (χ1) is 13.4. The van der Waals surface area contributed by atoms with E-state index in [0.717, 1.165) is 12.8 Å². The second-order valence-electron chi connectivity index (χ2n) is 6.40. The molecule has 28 heavy (non-hydrogen) atoms. The highest BCUT2D eigenvalue weighted by molar-refractivity contribution is 6.42. The van der Waals surface area contributed by atoms with Crippen LogP contribution in [0.25, 0.3) is 0 Å². The number of likely N-dealkylation sites (tertiary alicyclic amines) is 1. The van der Waals surface area contributed by atoms with E-state index < -0.39 is 16.9 Å². The van der Waals surface area contributed by atoms with Crippen LogP contribution in [-0.4, -0.2) is 34.2 Å². The van der Waals surface area contributed by atoms with E-state index in [4.69, 9.17) is 23.2 Å². The smallest absolute Gasteiger partial charge is 0.282 e. The molecule has 0 aliphatic carbocycles. The Bertz CT molecular complexity index is 935. The third-order valence-electron chi connectivity index (χ3n) is 4.58. The standard InChI is InChI=1S/C19H17Cl2N3O4/c20-14-9-8-12(11-15(14)21)22-18(25)17-7-3-4-10-23(17)19(26)13-5-1-2-6-16(13)24(27)28/h1-2,5-6,8-9,11,17H,3-4,7,10H2,(H,22,25). The van der Waals surface area contributed by atoms with Crippen LogP contribution < -0.4 is 5.32 Å². The molecule has 7 nitrogen and oxygen atoms in total. The lowest BCUT2D eigenvalue weighted by molar-refractivity contribution is -0.385. The molecule has 1 aliphatic rings. The minimum atomic E-state index is -0.726. The molecule has 1 unspecified atom stereocenters. The Morgan fingerprint density at radius 1 is 1.11 bits per heavy atom. The van der Waals surface area contributed by atoms with Crippen LogP contribution in [0.5, 0.6) is 0 Å². The van der Waals surface area contributed by atoms with Crippen LogP contribution in [0.4, 0.5) is 11.4 Å². The molecule has 1 aliphatic heterocycles. The summed E-state index contributed by atoms with van der Waals surface area (Å²) in [5.41, 5.74) is 0.159. The fraction of sp³-hybridized carbons (Fsp3) is 0.263. The van der Waals surface area contributed by atoms with Crippen LogP contribution >= 0.6 is 23.2 Å². The van der Waals surface area contributed by atoms with E-state index in [1.54, 1.807) is 18.2 Å². The predicted octanol–water partition coefficient (Wildman–Crippen LogP) is 4.54. The van der Waals surface area contributed by atoms with E-state index in [1.807, 2.05) is 0 Å². The monoisotopic (exact) mass is 421 g/mol. The van der Waals surface area contributed by atoms with Gasteiger partial charge in [0.2, 0.25) is 5.91 Å². The highest BCUT2D eigenvalue weighted by Crippen LogP contribution is 2.27. The van der Waals surface area contributed by atoms with Gasteiger partial charge in [0.1, 0.15) is 11.6 Å². The largest absolute Gasteiger partial charge is 0.326 e. The number of anilines is 1. The molecule has 9 heteroatoms. The number of para-hydroxylation sites is 1. The number of nitrogens with one attached hydrogen (secondary N) is 1. The molecule has 2 aromatic rings. The number of hydrogen-bond acceptors (Lipinski definition) is 4. The third kappa shape index (κ3) is 4.26. The summed E-state index contributed by atoms with van der Waals surface area (Å²) in [6.07, 6.45) is 1.97. The summed E-state index contributed by atoms with van der Waals surface area (Å²) >= 11 is 11.9. The molecule has 0 aromatic heterocycles. The number of benzene rings is 2. The van der Waals surface area contributed by atoms with Gasteiger partial charge in [-0.3, -0.25) is 19.7 Å². The van der Waals surface area contributed by atoms with Crippen molar-refractivity contribution in [2.24, 2.45) is 0 Å². The maximum atomic E-state index is 13.0. The first-order valence-electron chi connectivity index (χ1n) is 8.69. The van der Waals surface area contributed by atoms with E-state index >= 15 is 0 Å². The van der Waals surface area contributed by atoms with E-state index in [0.29, 0.717) is 28.7 Å². The Morgan fingerprint density at radius 3 is 2.57 bits per heavy atom. The summed E-state index contributed by atoms with van der Waals surface area (Å²) in [6.45, 7) is 0.352. The normalized spacial score (nSPS) is 16.5. The summed E-state index contributed by atoms with van der Waals surface area (Å²) in [5.74, 6) is -0.897. The summed E-state index contributed by atoms with van der Waals surface area (Å²) in [5, 5.41) is 14.7. The highest BCUT2D eigenvalue weighted by atomic mass is 35.5. The van der Waals surface area contributed by atoms with Crippen LogP contribution in [0.1, 0.15) is 29.6 Å². The van der Waals surface area contributed by atoms with Gasteiger partial charge in [-0.15, -0.1) is 0 Å². The molecule has 146 valence electrons. The van der Waals surface area contributed by atoms with Crippen molar-refractivity contribution in [1.29, 1.82) is 0 Å². The molecule has 0 radical (unpaired) electrons. The summed E-state index contributed by atoms with van der Waals surface area (Å²) < 4.78 is 0. The molecular formula is C19H17Cl2N3O4. The zero-order chi connectivity index (χ0) is 20.3. The van der Waals surface area contributed by atoms with Crippen molar-refractivity contribution in [1.82, 2.24) is 4.90 Å². The molecule has 2 aromatic carbocycles. The van der Waals surface area contributed by atoms with Gasteiger partial charge in [0.15, 0.2) is 0 Å². The van der Waals surface area contributed by atoms with E-state index in [2.05, 4.69) is 5.32 Å². The van der Waals surface area contributed by atoms with Crippen LogP contribution in [0.3, 0.4) is 0 Å². The summed E-state index contributed by atoms with van der Waals surface area (Å²) in [7, 11) is 0. The molecular weight excluding hydrogens is 405 g/mol. The van der Waals surface area contributed by atoms with Crippen molar-refractivity contribution in [3.05, 3.63) is 68.2 Å². The molecule has 1 saturated heterocycles. The molecule has 1 N–H and O–H groups in total. The Morgan fingerprint density at radius 2 is 1.86 bits per heavy atom. The van der Waals surface area contributed by atoms with E-state index in [1.165, 1.54) is 29.2 Å². The van der Waals surface area contributed by atoms with Gasteiger partial charge in [-0.05, 0) is 43.5 Å². The summed E-state index contributed by atoms with van der Waals surface area (Å²) in [4.78, 5) is 37.9. The number of nitro groups is 1. The maximum absolute atomic E-state index is 13.0. The van der Waals surface area contributed by atoms with Gasteiger partial charge in [-0.2, -0.15) is 0 Å². The molecule has 3 rings (SSSR count). The second kappa shape index (κ2) is 8.58. The van der Waals surface area contributed by atoms with Crippen LogP contribution in [0.2, 0.25) is 10.0 Å². The average Bonchev–Trinajstić information content (AvgIpc) is 2.70. The molecule has 0 spiro atoms. The van der Waals surface area contributed by atoms with E-state index in [-0.39, 0.29) is 17.2 Å². The summed E-state index contributed by atoms with van der Waals surface area (Å²) in [6, 6.07) is 9.73. The molecule has 0 saturated carbocycles. The number of amides is 2. The van der Waals surface area contributed by atoms with Crippen molar-refractivity contribution in [3.8, 4) is 0 Å². The average molecular weight is 422 g/mol. The maximum Gasteiger partial charge on any atom is 0.282 e. The van der Waals surface area contributed by atoms with Gasteiger partial charge in [-0.1, -0.05) is 35.3 Å². The second-order valence-corrected chi connectivity index (χ2v) is 7.22. The zero-order valence-electron chi connectivity index (χ0n) is 14.7. The van der Waals surface area contributed by atoms with Gasteiger partial charge in [0.25, 0.3) is 11.6 Å². The molecule has 1 heterocycles. The first-order valence-corrected chi connectivity index (χ1v) is 9.44. The Balaban J connectivity index is 1.84. The number of halogens is 2. The number of hydrogen-bond donors (Lipinski definition) is 1. The SMILES string of the molecule is O=C(Nc1ccc(Cl)c(Cl)c1)C1CCCCN1C(=O)c1ccccc1[N+](=O)[O-]. The van der Waals surface area contributed by atoms with Gasteiger partial charge in [0, 0.05) is 18.3 Å².